The van der Waals surface area contributed by atoms with Gasteiger partial charge in [-0.1, -0.05) is 74.4 Å². The van der Waals surface area contributed by atoms with E-state index in [-0.39, 0.29) is 31.7 Å². The van der Waals surface area contributed by atoms with Gasteiger partial charge in [-0.05, 0) is 67.1 Å². The fraction of sp³-hybridized carbons (Fsp3) is 0.389. The number of unbranched alkanes of at least 4 members (excludes halogenated alkanes) is 1. The van der Waals surface area contributed by atoms with E-state index in [1.165, 1.54) is 0 Å². The van der Waals surface area contributed by atoms with Crippen LogP contribution in [-0.4, -0.2) is 47.8 Å². The van der Waals surface area contributed by atoms with Crippen LogP contribution in [0.3, 0.4) is 0 Å². The van der Waals surface area contributed by atoms with Crippen LogP contribution < -0.4 is 27.8 Å². The summed E-state index contributed by atoms with van der Waals surface area (Å²) in [4.78, 5) is 54.4. The SMILES string of the molecule is CCCCC(C(N)=O)[C@@H](Cc1ccc(N)cc1)C(=O)N[C@@H](Cc1ccc(N)cc1)C(=O)N[C@@H](Cc1ccccc1)C(=O)[C@@]1(C)CO1. The van der Waals surface area contributed by atoms with Gasteiger partial charge in [-0.25, -0.2) is 0 Å². The highest BCUT2D eigenvalue weighted by molar-refractivity contribution is 5.98. The number of carbonyl (C=O) groups excluding carboxylic acids is 4. The zero-order chi connectivity index (χ0) is 33.3. The molecule has 5 atom stereocenters. The van der Waals surface area contributed by atoms with Crippen LogP contribution in [0.15, 0.2) is 78.9 Å². The molecule has 244 valence electrons. The molecule has 10 nitrogen and oxygen atoms in total. The maximum atomic E-state index is 14.1. The molecule has 0 spiro atoms. The van der Waals surface area contributed by atoms with Gasteiger partial charge in [-0.3, -0.25) is 19.2 Å². The Hall–Kier alpha value is -4.70. The minimum atomic E-state index is -1.07. The Bertz CT molecular complexity index is 1490. The molecule has 3 aromatic carbocycles. The molecule has 1 saturated heterocycles. The number of Topliss-reactive ketones (excluding diaryl/α,β-unsaturated/α-hetero) is 1. The molecule has 1 heterocycles. The number of carbonyl (C=O) groups is 4. The van der Waals surface area contributed by atoms with Crippen LogP contribution in [0.2, 0.25) is 0 Å². The van der Waals surface area contributed by atoms with Gasteiger partial charge in [0.1, 0.15) is 11.6 Å². The van der Waals surface area contributed by atoms with Gasteiger partial charge >= 0.3 is 0 Å². The number of epoxide rings is 1. The van der Waals surface area contributed by atoms with Crippen LogP contribution in [0.4, 0.5) is 11.4 Å². The van der Waals surface area contributed by atoms with E-state index in [1.807, 2.05) is 49.4 Å². The van der Waals surface area contributed by atoms with Crippen molar-refractivity contribution in [3.8, 4) is 0 Å². The highest BCUT2D eigenvalue weighted by atomic mass is 16.6. The number of hydrogen-bond donors (Lipinski definition) is 5. The lowest BCUT2D eigenvalue weighted by molar-refractivity contribution is -0.136. The summed E-state index contributed by atoms with van der Waals surface area (Å²) in [6.45, 7) is 3.98. The molecule has 0 radical (unpaired) electrons. The van der Waals surface area contributed by atoms with Gasteiger partial charge in [-0.15, -0.1) is 0 Å². The Morgan fingerprint density at radius 1 is 0.739 bits per heavy atom. The van der Waals surface area contributed by atoms with Crippen molar-refractivity contribution < 1.29 is 23.9 Å². The lowest BCUT2D eigenvalue weighted by Crippen LogP contribution is -2.56. The van der Waals surface area contributed by atoms with Crippen molar-refractivity contribution >= 4 is 34.9 Å². The van der Waals surface area contributed by atoms with Gasteiger partial charge in [0.2, 0.25) is 17.7 Å². The van der Waals surface area contributed by atoms with Crippen molar-refractivity contribution in [1.82, 2.24) is 10.6 Å². The van der Waals surface area contributed by atoms with E-state index in [1.54, 1.807) is 43.3 Å². The number of nitrogens with one attached hydrogen (secondary N) is 2. The Kier molecular flexibility index (Phi) is 11.5. The van der Waals surface area contributed by atoms with Crippen LogP contribution in [-0.2, 0) is 43.2 Å². The normalized spacial score (nSPS) is 18.0. The number of rotatable bonds is 17. The minimum absolute atomic E-state index is 0.128. The molecule has 46 heavy (non-hydrogen) atoms. The molecule has 0 saturated carbocycles. The zero-order valence-corrected chi connectivity index (χ0v) is 26.5. The number of primary amides is 1. The Morgan fingerprint density at radius 2 is 1.24 bits per heavy atom. The molecule has 3 amide bonds. The second-order valence-corrected chi connectivity index (χ2v) is 12.3. The van der Waals surface area contributed by atoms with E-state index in [0.717, 1.165) is 23.1 Å². The summed E-state index contributed by atoms with van der Waals surface area (Å²) >= 11 is 0. The third kappa shape index (κ3) is 9.40. The van der Waals surface area contributed by atoms with Gasteiger partial charge in [0.15, 0.2) is 5.78 Å². The van der Waals surface area contributed by atoms with E-state index >= 15 is 0 Å². The number of nitrogen functional groups attached to an aromatic ring is 2. The maximum Gasteiger partial charge on any atom is 0.243 e. The van der Waals surface area contributed by atoms with Gasteiger partial charge in [0.05, 0.1) is 18.6 Å². The Morgan fingerprint density at radius 3 is 1.76 bits per heavy atom. The number of nitrogens with two attached hydrogens (primary N) is 3. The second-order valence-electron chi connectivity index (χ2n) is 12.3. The molecule has 0 aromatic heterocycles. The summed E-state index contributed by atoms with van der Waals surface area (Å²) in [5.74, 6) is -3.41. The van der Waals surface area contributed by atoms with E-state index in [4.69, 9.17) is 21.9 Å². The zero-order valence-electron chi connectivity index (χ0n) is 26.5. The van der Waals surface area contributed by atoms with Crippen molar-refractivity contribution in [3.63, 3.8) is 0 Å². The summed E-state index contributed by atoms with van der Waals surface area (Å²) in [5, 5.41) is 5.85. The van der Waals surface area contributed by atoms with E-state index in [9.17, 15) is 19.2 Å². The largest absolute Gasteiger partial charge is 0.399 e. The summed E-state index contributed by atoms with van der Waals surface area (Å²) < 4.78 is 5.43. The number of hydrogen-bond acceptors (Lipinski definition) is 7. The number of anilines is 2. The fourth-order valence-corrected chi connectivity index (χ4v) is 5.62. The average Bonchev–Trinajstić information content (AvgIpc) is 3.80. The van der Waals surface area contributed by atoms with Crippen molar-refractivity contribution in [2.24, 2.45) is 17.6 Å². The lowest BCUT2D eigenvalue weighted by atomic mass is 9.82. The third-order valence-electron chi connectivity index (χ3n) is 8.56. The molecular formula is C36H45N5O5. The molecule has 1 unspecified atom stereocenters. The van der Waals surface area contributed by atoms with Crippen molar-refractivity contribution in [2.45, 2.75) is 70.1 Å². The molecule has 1 fully saturated rings. The predicted octanol–water partition coefficient (Wildman–Crippen LogP) is 3.11. The van der Waals surface area contributed by atoms with Crippen molar-refractivity contribution in [3.05, 3.63) is 95.6 Å². The first-order valence-corrected chi connectivity index (χ1v) is 15.8. The predicted molar refractivity (Wildman–Crippen MR) is 178 cm³/mol. The lowest BCUT2D eigenvalue weighted by Gasteiger charge is -2.28. The van der Waals surface area contributed by atoms with E-state index < -0.39 is 47.2 Å². The van der Waals surface area contributed by atoms with Gasteiger partial charge in [0.25, 0.3) is 0 Å². The van der Waals surface area contributed by atoms with E-state index in [2.05, 4.69) is 10.6 Å². The van der Waals surface area contributed by atoms with Crippen LogP contribution in [0.1, 0.15) is 49.8 Å². The van der Waals surface area contributed by atoms with Crippen LogP contribution in [0.5, 0.6) is 0 Å². The highest BCUT2D eigenvalue weighted by Crippen LogP contribution is 2.29. The standard InChI is InChI=1S/C36H45N5O5/c1-3-4-10-28(33(39)43)29(19-24-11-15-26(37)16-12-24)34(44)41-31(21-25-13-17-27(38)18-14-25)35(45)40-30(32(42)36(2)22-46-36)20-23-8-6-5-7-9-23/h5-9,11-18,28-31H,3-4,10,19-22,37-38H2,1-2H3,(H2,39,43)(H,40,45)(H,41,44)/t28?,29-,30+,31+,36-/m1/s1. The van der Waals surface area contributed by atoms with Crippen LogP contribution in [0, 0.1) is 11.8 Å². The van der Waals surface area contributed by atoms with Crippen molar-refractivity contribution in [2.75, 3.05) is 18.1 Å². The monoisotopic (exact) mass is 627 g/mol. The minimum Gasteiger partial charge on any atom is -0.399 e. The number of ether oxygens (including phenoxy) is 1. The molecule has 3 aromatic rings. The van der Waals surface area contributed by atoms with Gasteiger partial charge in [0, 0.05) is 23.7 Å². The topological polar surface area (TPSA) is 183 Å². The molecule has 4 rings (SSSR count). The smallest absolute Gasteiger partial charge is 0.243 e. The summed E-state index contributed by atoms with van der Waals surface area (Å²) in [6, 6.07) is 21.5. The maximum absolute atomic E-state index is 14.1. The third-order valence-corrected chi connectivity index (χ3v) is 8.56. The molecule has 8 N–H and O–H groups in total. The Balaban J connectivity index is 1.63. The molecule has 10 heteroatoms. The molecule has 1 aliphatic heterocycles. The molecule has 1 aliphatic rings. The Labute approximate surface area is 270 Å². The van der Waals surface area contributed by atoms with E-state index in [0.29, 0.717) is 24.2 Å². The molecule has 0 aliphatic carbocycles. The molecule has 0 bridgehead atoms. The van der Waals surface area contributed by atoms with Crippen LogP contribution in [0.25, 0.3) is 0 Å². The summed E-state index contributed by atoms with van der Waals surface area (Å²) in [6.07, 6.45) is 2.57. The van der Waals surface area contributed by atoms with Crippen molar-refractivity contribution in [1.29, 1.82) is 0 Å². The first kappa shape index (κ1) is 34.2. The number of amides is 3. The average molecular weight is 628 g/mol. The number of benzene rings is 3. The van der Waals surface area contributed by atoms with Gasteiger partial charge in [-0.2, -0.15) is 0 Å². The molecular weight excluding hydrogens is 582 g/mol. The van der Waals surface area contributed by atoms with Gasteiger partial charge < -0.3 is 32.6 Å². The number of ketones is 1. The fourth-order valence-electron chi connectivity index (χ4n) is 5.62. The first-order valence-electron chi connectivity index (χ1n) is 15.8. The highest BCUT2D eigenvalue weighted by Gasteiger charge is 2.50. The second kappa shape index (κ2) is 15.5. The first-order chi connectivity index (χ1) is 22.0. The summed E-state index contributed by atoms with van der Waals surface area (Å²) in [7, 11) is 0. The quantitative estimate of drug-likeness (QED) is 0.112. The summed E-state index contributed by atoms with van der Waals surface area (Å²) in [5.41, 5.74) is 20.2. The van der Waals surface area contributed by atoms with Crippen LogP contribution >= 0.6 is 0 Å².